The Morgan fingerprint density at radius 2 is 1.60 bits per heavy atom. The fourth-order valence-electron chi connectivity index (χ4n) is 2.71. The molecule has 0 aromatic heterocycles. The highest BCUT2D eigenvalue weighted by Gasteiger charge is 2.23. The number of carbonyl (C=O) groups is 2. The topological polar surface area (TPSA) is 84.2 Å². The molecular formula is C15H29N3O2. The van der Waals surface area contributed by atoms with Crippen molar-refractivity contribution in [3.8, 4) is 0 Å². The third kappa shape index (κ3) is 5.90. The van der Waals surface area contributed by atoms with Crippen LogP contribution >= 0.6 is 0 Å². The van der Waals surface area contributed by atoms with Gasteiger partial charge in [0.15, 0.2) is 0 Å². The van der Waals surface area contributed by atoms with Crippen LogP contribution in [0.15, 0.2) is 0 Å². The van der Waals surface area contributed by atoms with Crippen LogP contribution in [-0.2, 0) is 9.59 Å². The molecule has 1 rings (SSSR count). The second-order valence-electron chi connectivity index (χ2n) is 6.28. The number of hydrogen-bond donors (Lipinski definition) is 3. The third-order valence-electron chi connectivity index (χ3n) is 3.98. The van der Waals surface area contributed by atoms with Crippen molar-refractivity contribution in [3.05, 3.63) is 0 Å². The fraction of sp³-hybridized carbons (Fsp3) is 0.867. The first kappa shape index (κ1) is 17.0. The minimum absolute atomic E-state index is 0.0207. The molecule has 1 atom stereocenters. The minimum atomic E-state index is -0.467. The normalized spacial score (nSPS) is 24.2. The summed E-state index contributed by atoms with van der Waals surface area (Å²) in [7, 11) is 0. The van der Waals surface area contributed by atoms with Crippen LogP contribution < -0.4 is 16.4 Å². The van der Waals surface area contributed by atoms with Crippen molar-refractivity contribution < 1.29 is 9.59 Å². The maximum atomic E-state index is 11.9. The maximum Gasteiger partial charge on any atom is 0.242 e. The van der Waals surface area contributed by atoms with Crippen LogP contribution in [0.4, 0.5) is 0 Å². The molecule has 0 spiro atoms. The lowest BCUT2D eigenvalue weighted by molar-refractivity contribution is -0.129. The first-order chi connectivity index (χ1) is 9.42. The highest BCUT2D eigenvalue weighted by atomic mass is 16.2. The van der Waals surface area contributed by atoms with Gasteiger partial charge in [0.05, 0.1) is 0 Å². The molecule has 1 fully saturated rings. The zero-order chi connectivity index (χ0) is 15.1. The lowest BCUT2D eigenvalue weighted by Gasteiger charge is -2.27. The summed E-state index contributed by atoms with van der Waals surface area (Å²) >= 11 is 0. The molecule has 1 unspecified atom stereocenters. The van der Waals surface area contributed by atoms with Crippen LogP contribution in [0.25, 0.3) is 0 Å². The monoisotopic (exact) mass is 283 g/mol. The molecule has 0 aliphatic heterocycles. The predicted molar refractivity (Wildman–Crippen MR) is 80.0 cm³/mol. The summed E-state index contributed by atoms with van der Waals surface area (Å²) in [6.45, 7) is 6.29. The van der Waals surface area contributed by atoms with Gasteiger partial charge in [-0.2, -0.15) is 0 Å². The van der Waals surface area contributed by atoms with E-state index in [1.807, 2.05) is 13.8 Å². The summed E-state index contributed by atoms with van der Waals surface area (Å²) < 4.78 is 0. The van der Waals surface area contributed by atoms with Crippen LogP contribution in [0.2, 0.25) is 0 Å². The number of nitrogens with two attached hydrogens (primary N) is 1. The molecule has 0 radical (unpaired) electrons. The van der Waals surface area contributed by atoms with Gasteiger partial charge in [0.2, 0.25) is 11.8 Å². The van der Waals surface area contributed by atoms with Crippen molar-refractivity contribution >= 4 is 11.8 Å². The van der Waals surface area contributed by atoms with Crippen molar-refractivity contribution in [1.82, 2.24) is 10.6 Å². The molecule has 1 aliphatic carbocycles. The standard InChI is InChI=1S/C15H29N3O2/c1-10(2)17-15(20)11(3)18-14(19)8-12-4-6-13(9-16)7-5-12/h10-13H,4-9,16H2,1-3H3,(H,17,20)(H,18,19). The Bertz CT molecular complexity index is 323. The Labute approximate surface area is 122 Å². The lowest BCUT2D eigenvalue weighted by Crippen LogP contribution is -2.47. The zero-order valence-electron chi connectivity index (χ0n) is 12.9. The second-order valence-corrected chi connectivity index (χ2v) is 6.28. The summed E-state index contributed by atoms with van der Waals surface area (Å²) in [6, 6.07) is -0.376. The molecule has 116 valence electrons. The fourth-order valence-corrected chi connectivity index (χ4v) is 2.71. The average molecular weight is 283 g/mol. The van der Waals surface area contributed by atoms with Crippen LogP contribution in [0.3, 0.4) is 0 Å². The lowest BCUT2D eigenvalue weighted by atomic mass is 9.80. The number of nitrogens with one attached hydrogen (secondary N) is 2. The highest BCUT2D eigenvalue weighted by molar-refractivity contribution is 5.87. The molecule has 1 saturated carbocycles. The van der Waals surface area contributed by atoms with E-state index >= 15 is 0 Å². The average Bonchev–Trinajstić information content (AvgIpc) is 2.38. The number of carbonyl (C=O) groups excluding carboxylic acids is 2. The van der Waals surface area contributed by atoms with E-state index in [4.69, 9.17) is 5.73 Å². The largest absolute Gasteiger partial charge is 0.352 e. The molecule has 5 heteroatoms. The third-order valence-corrected chi connectivity index (χ3v) is 3.98. The molecule has 20 heavy (non-hydrogen) atoms. The van der Waals surface area contributed by atoms with Gasteiger partial charge in [0.25, 0.3) is 0 Å². The van der Waals surface area contributed by atoms with E-state index in [-0.39, 0.29) is 17.9 Å². The quantitative estimate of drug-likeness (QED) is 0.684. The van der Waals surface area contributed by atoms with Crippen LogP contribution in [-0.4, -0.2) is 30.4 Å². The van der Waals surface area contributed by atoms with E-state index in [1.165, 1.54) is 0 Å². The van der Waals surface area contributed by atoms with Gasteiger partial charge in [-0.3, -0.25) is 9.59 Å². The SMILES string of the molecule is CC(C)NC(=O)C(C)NC(=O)CC1CCC(CN)CC1. The Hall–Kier alpha value is -1.10. The summed E-state index contributed by atoms with van der Waals surface area (Å²) in [5, 5.41) is 5.58. The van der Waals surface area contributed by atoms with E-state index in [0.717, 1.165) is 32.2 Å². The molecule has 4 N–H and O–H groups in total. The minimum Gasteiger partial charge on any atom is -0.352 e. The zero-order valence-corrected chi connectivity index (χ0v) is 12.9. The van der Waals surface area contributed by atoms with E-state index in [2.05, 4.69) is 10.6 Å². The van der Waals surface area contributed by atoms with Crippen molar-refractivity contribution in [2.45, 2.75) is 65.0 Å². The van der Waals surface area contributed by atoms with Gasteiger partial charge in [-0.25, -0.2) is 0 Å². The molecule has 2 amide bonds. The first-order valence-corrected chi connectivity index (χ1v) is 7.72. The van der Waals surface area contributed by atoms with Crippen LogP contribution in [0.5, 0.6) is 0 Å². The summed E-state index contributed by atoms with van der Waals surface area (Å²) in [5.74, 6) is 0.927. The van der Waals surface area contributed by atoms with E-state index in [1.54, 1.807) is 6.92 Å². The van der Waals surface area contributed by atoms with Crippen molar-refractivity contribution in [2.75, 3.05) is 6.54 Å². The smallest absolute Gasteiger partial charge is 0.242 e. The van der Waals surface area contributed by atoms with E-state index < -0.39 is 6.04 Å². The molecule has 0 aromatic rings. The molecule has 0 aromatic carbocycles. The second kappa shape index (κ2) is 8.25. The van der Waals surface area contributed by atoms with Gasteiger partial charge in [0.1, 0.15) is 6.04 Å². The van der Waals surface area contributed by atoms with Gasteiger partial charge in [0, 0.05) is 12.5 Å². The Kier molecular flexibility index (Phi) is 6.99. The van der Waals surface area contributed by atoms with Gasteiger partial charge in [-0.05, 0) is 64.8 Å². The summed E-state index contributed by atoms with van der Waals surface area (Å²) in [4.78, 5) is 23.7. The van der Waals surface area contributed by atoms with E-state index in [0.29, 0.717) is 18.3 Å². The number of hydrogen-bond acceptors (Lipinski definition) is 3. The molecule has 0 bridgehead atoms. The molecule has 0 heterocycles. The van der Waals surface area contributed by atoms with Gasteiger partial charge in [-0.15, -0.1) is 0 Å². The Morgan fingerprint density at radius 1 is 1.05 bits per heavy atom. The van der Waals surface area contributed by atoms with Gasteiger partial charge >= 0.3 is 0 Å². The van der Waals surface area contributed by atoms with Crippen LogP contribution in [0.1, 0.15) is 52.9 Å². The van der Waals surface area contributed by atoms with Crippen molar-refractivity contribution in [2.24, 2.45) is 17.6 Å². The number of amides is 2. The molecule has 0 saturated heterocycles. The molecule has 5 nitrogen and oxygen atoms in total. The Balaban J connectivity index is 2.28. The van der Waals surface area contributed by atoms with Crippen molar-refractivity contribution in [1.29, 1.82) is 0 Å². The molecular weight excluding hydrogens is 254 g/mol. The Morgan fingerprint density at radius 3 is 2.10 bits per heavy atom. The summed E-state index contributed by atoms with van der Waals surface area (Å²) in [5.41, 5.74) is 5.67. The first-order valence-electron chi connectivity index (χ1n) is 7.72. The van der Waals surface area contributed by atoms with Crippen molar-refractivity contribution in [3.63, 3.8) is 0 Å². The van der Waals surface area contributed by atoms with E-state index in [9.17, 15) is 9.59 Å². The predicted octanol–water partition coefficient (Wildman–Crippen LogP) is 1.17. The maximum absolute atomic E-state index is 11.9. The van der Waals surface area contributed by atoms with Crippen LogP contribution in [0, 0.1) is 11.8 Å². The van der Waals surface area contributed by atoms with Gasteiger partial charge < -0.3 is 16.4 Å². The molecule has 1 aliphatic rings. The van der Waals surface area contributed by atoms with Gasteiger partial charge in [-0.1, -0.05) is 0 Å². The highest BCUT2D eigenvalue weighted by Crippen LogP contribution is 2.30. The summed E-state index contributed by atoms with van der Waals surface area (Å²) in [6.07, 6.45) is 4.91. The number of rotatable bonds is 6.